The third-order valence-electron chi connectivity index (χ3n) is 3.58. The van der Waals surface area contributed by atoms with Crippen molar-refractivity contribution in [3.63, 3.8) is 0 Å². The molecule has 0 radical (unpaired) electrons. The molecule has 1 aromatic carbocycles. The first-order valence-corrected chi connectivity index (χ1v) is 7.36. The van der Waals surface area contributed by atoms with Gasteiger partial charge < -0.3 is 5.32 Å². The molecule has 1 amide bonds. The van der Waals surface area contributed by atoms with Gasteiger partial charge in [0.2, 0.25) is 0 Å². The fourth-order valence-electron chi connectivity index (χ4n) is 2.10. The lowest BCUT2D eigenvalue weighted by Gasteiger charge is -2.14. The first-order valence-electron chi connectivity index (χ1n) is 7.36. The topological polar surface area (TPSA) is 90.1 Å². The molecule has 1 N–H and O–H groups in total. The number of halogens is 3. The van der Waals surface area contributed by atoms with Crippen molar-refractivity contribution in [1.29, 1.82) is 0 Å². The zero-order valence-electron chi connectivity index (χ0n) is 13.4. The molecular formula is C15H15F3N4O3. The molecule has 25 heavy (non-hydrogen) atoms. The van der Waals surface area contributed by atoms with E-state index in [0.717, 1.165) is 30.5 Å². The molecule has 0 fully saturated rings. The van der Waals surface area contributed by atoms with Crippen LogP contribution in [0, 0.1) is 10.1 Å². The van der Waals surface area contributed by atoms with Gasteiger partial charge >= 0.3 is 6.18 Å². The normalized spacial score (nSPS) is 12.7. The van der Waals surface area contributed by atoms with Crippen molar-refractivity contribution in [2.24, 2.45) is 0 Å². The van der Waals surface area contributed by atoms with Gasteiger partial charge in [-0.25, -0.2) is 4.68 Å². The van der Waals surface area contributed by atoms with Crippen LogP contribution in [0.2, 0.25) is 0 Å². The van der Waals surface area contributed by atoms with Gasteiger partial charge in [-0.2, -0.15) is 18.3 Å². The van der Waals surface area contributed by atoms with E-state index >= 15 is 0 Å². The Hall–Kier alpha value is -2.91. The van der Waals surface area contributed by atoms with Crippen molar-refractivity contribution in [3.8, 4) is 5.69 Å². The van der Waals surface area contributed by atoms with Crippen LogP contribution in [0.1, 0.15) is 36.3 Å². The molecule has 7 nitrogen and oxygen atoms in total. The zero-order valence-corrected chi connectivity index (χ0v) is 13.4. The van der Waals surface area contributed by atoms with Gasteiger partial charge in [0.15, 0.2) is 5.69 Å². The lowest BCUT2D eigenvalue weighted by molar-refractivity contribution is -0.384. The van der Waals surface area contributed by atoms with E-state index in [1.165, 1.54) is 0 Å². The average molecular weight is 356 g/mol. The van der Waals surface area contributed by atoms with Crippen LogP contribution in [-0.4, -0.2) is 26.7 Å². The Morgan fingerprint density at radius 1 is 1.36 bits per heavy atom. The summed E-state index contributed by atoms with van der Waals surface area (Å²) < 4.78 is 40.9. The third kappa shape index (κ3) is 3.95. The van der Waals surface area contributed by atoms with Crippen LogP contribution in [0.5, 0.6) is 0 Å². The van der Waals surface area contributed by atoms with E-state index in [1.807, 2.05) is 0 Å². The second-order valence-corrected chi connectivity index (χ2v) is 5.37. The maximum absolute atomic E-state index is 13.5. The number of non-ortho nitro benzene ring substituents is 1. The standard InChI is InChI=1S/C15H15F3N4O3/c1-3-9(2)20-14(23)12-8-19-21(13(12)15(16,17)18)10-4-6-11(7-5-10)22(24)25/h4-9H,3H2,1-2H3,(H,20,23). The van der Waals surface area contributed by atoms with E-state index in [2.05, 4.69) is 10.4 Å². The molecule has 1 aromatic heterocycles. The molecule has 0 saturated heterocycles. The van der Waals surface area contributed by atoms with Crippen molar-refractivity contribution in [2.45, 2.75) is 32.5 Å². The fourth-order valence-corrected chi connectivity index (χ4v) is 2.10. The number of amides is 1. The summed E-state index contributed by atoms with van der Waals surface area (Å²) in [5.74, 6) is -0.880. The van der Waals surface area contributed by atoms with Crippen molar-refractivity contribution >= 4 is 11.6 Å². The second-order valence-electron chi connectivity index (χ2n) is 5.37. The number of hydrogen-bond acceptors (Lipinski definition) is 4. The van der Waals surface area contributed by atoms with Crippen LogP contribution < -0.4 is 5.32 Å². The summed E-state index contributed by atoms with van der Waals surface area (Å²) in [5, 5.41) is 16.8. The number of alkyl halides is 3. The molecule has 2 aromatic rings. The number of nitro benzene ring substituents is 1. The van der Waals surface area contributed by atoms with Crippen LogP contribution >= 0.6 is 0 Å². The molecule has 134 valence electrons. The van der Waals surface area contributed by atoms with Gasteiger partial charge in [0.05, 0.1) is 22.4 Å². The predicted molar refractivity (Wildman–Crippen MR) is 82.4 cm³/mol. The maximum Gasteiger partial charge on any atom is 0.434 e. The Balaban J connectivity index is 2.49. The minimum Gasteiger partial charge on any atom is -0.349 e. The lowest BCUT2D eigenvalue weighted by atomic mass is 10.2. The van der Waals surface area contributed by atoms with E-state index in [1.54, 1.807) is 13.8 Å². The second kappa shape index (κ2) is 6.91. The first kappa shape index (κ1) is 18.4. The molecule has 2 rings (SSSR count). The van der Waals surface area contributed by atoms with E-state index in [4.69, 9.17) is 0 Å². The smallest absolute Gasteiger partial charge is 0.349 e. The third-order valence-corrected chi connectivity index (χ3v) is 3.58. The summed E-state index contributed by atoms with van der Waals surface area (Å²) in [6.45, 7) is 3.46. The Labute approximate surface area is 140 Å². The molecule has 0 aliphatic rings. The van der Waals surface area contributed by atoms with Gasteiger partial charge in [-0.1, -0.05) is 6.92 Å². The van der Waals surface area contributed by atoms with Gasteiger partial charge in [0.25, 0.3) is 11.6 Å². The number of nitrogens with one attached hydrogen (secondary N) is 1. The fraction of sp³-hybridized carbons (Fsp3) is 0.333. The Morgan fingerprint density at radius 2 is 1.96 bits per heavy atom. The van der Waals surface area contributed by atoms with E-state index < -0.39 is 28.3 Å². The number of nitrogens with zero attached hydrogens (tertiary/aromatic N) is 3. The summed E-state index contributed by atoms with van der Waals surface area (Å²) in [6, 6.07) is 4.11. The Kier molecular flexibility index (Phi) is 5.10. The predicted octanol–water partition coefficient (Wildman–Crippen LogP) is 3.33. The molecule has 0 saturated carbocycles. The highest BCUT2D eigenvalue weighted by atomic mass is 19.4. The Morgan fingerprint density at radius 3 is 2.44 bits per heavy atom. The summed E-state index contributed by atoms with van der Waals surface area (Å²) >= 11 is 0. The summed E-state index contributed by atoms with van der Waals surface area (Å²) in [6.07, 6.45) is -3.44. The van der Waals surface area contributed by atoms with Crippen LogP contribution in [0.25, 0.3) is 5.69 Å². The molecular weight excluding hydrogens is 341 g/mol. The lowest BCUT2D eigenvalue weighted by Crippen LogP contribution is -2.33. The number of nitro groups is 1. The van der Waals surface area contributed by atoms with Crippen molar-refractivity contribution in [1.82, 2.24) is 15.1 Å². The summed E-state index contributed by atoms with van der Waals surface area (Å²) in [5.41, 5.74) is -2.15. The van der Waals surface area contributed by atoms with Gasteiger partial charge in [-0.3, -0.25) is 14.9 Å². The Bertz CT molecular complexity index is 784. The molecule has 10 heteroatoms. The number of hydrogen-bond donors (Lipinski definition) is 1. The number of benzene rings is 1. The molecule has 0 bridgehead atoms. The number of rotatable bonds is 5. The summed E-state index contributed by atoms with van der Waals surface area (Å²) in [7, 11) is 0. The number of carbonyl (C=O) groups is 1. The molecule has 0 aliphatic heterocycles. The van der Waals surface area contributed by atoms with Gasteiger partial charge in [0.1, 0.15) is 0 Å². The van der Waals surface area contributed by atoms with E-state index in [9.17, 15) is 28.1 Å². The van der Waals surface area contributed by atoms with E-state index in [-0.39, 0.29) is 17.4 Å². The molecule has 1 unspecified atom stereocenters. The minimum atomic E-state index is -4.83. The van der Waals surface area contributed by atoms with Crippen molar-refractivity contribution in [2.75, 3.05) is 0 Å². The maximum atomic E-state index is 13.5. The highest BCUT2D eigenvalue weighted by molar-refractivity contribution is 5.95. The average Bonchev–Trinajstić information content (AvgIpc) is 3.00. The van der Waals surface area contributed by atoms with E-state index in [0.29, 0.717) is 11.1 Å². The molecule has 0 spiro atoms. The molecule has 1 atom stereocenters. The molecule has 1 heterocycles. The SMILES string of the molecule is CCC(C)NC(=O)c1cnn(-c2ccc([N+](=O)[O-])cc2)c1C(F)(F)F. The van der Waals surface area contributed by atoms with Gasteiger partial charge in [-0.05, 0) is 25.5 Å². The van der Waals surface area contributed by atoms with Crippen LogP contribution in [-0.2, 0) is 6.18 Å². The quantitative estimate of drug-likeness (QED) is 0.657. The summed E-state index contributed by atoms with van der Waals surface area (Å²) in [4.78, 5) is 22.1. The first-order chi connectivity index (χ1) is 11.6. The van der Waals surface area contributed by atoms with Crippen molar-refractivity contribution in [3.05, 3.63) is 51.8 Å². The van der Waals surface area contributed by atoms with Crippen LogP contribution in [0.15, 0.2) is 30.5 Å². The molecule has 0 aliphatic carbocycles. The number of carbonyl (C=O) groups excluding carboxylic acids is 1. The largest absolute Gasteiger partial charge is 0.434 e. The van der Waals surface area contributed by atoms with Crippen LogP contribution in [0.3, 0.4) is 0 Å². The van der Waals surface area contributed by atoms with Gasteiger partial charge in [-0.15, -0.1) is 0 Å². The minimum absolute atomic E-state index is 0.0412. The highest BCUT2D eigenvalue weighted by Crippen LogP contribution is 2.34. The zero-order chi connectivity index (χ0) is 18.8. The number of aromatic nitrogens is 2. The van der Waals surface area contributed by atoms with Gasteiger partial charge in [0, 0.05) is 18.2 Å². The monoisotopic (exact) mass is 356 g/mol. The highest BCUT2D eigenvalue weighted by Gasteiger charge is 2.40. The van der Waals surface area contributed by atoms with Crippen molar-refractivity contribution < 1.29 is 22.9 Å². The van der Waals surface area contributed by atoms with Crippen LogP contribution in [0.4, 0.5) is 18.9 Å².